The summed E-state index contributed by atoms with van der Waals surface area (Å²) in [7, 11) is 0. The maximum Gasteiger partial charge on any atom is 0.0434 e. The zero-order valence-corrected chi connectivity index (χ0v) is 24.8. The molecule has 0 saturated heterocycles. The van der Waals surface area contributed by atoms with Gasteiger partial charge in [0.25, 0.3) is 0 Å². The third-order valence-electron chi connectivity index (χ3n) is 10.5. The van der Waals surface area contributed by atoms with E-state index in [1.165, 1.54) is 91.9 Å². The van der Waals surface area contributed by atoms with Gasteiger partial charge in [-0.1, -0.05) is 121 Å². The van der Waals surface area contributed by atoms with Gasteiger partial charge in [-0.15, -0.1) is 11.3 Å². The number of hydrogen-bond donors (Lipinski definition) is 0. The summed E-state index contributed by atoms with van der Waals surface area (Å²) in [6.45, 7) is 0. The second-order valence-electron chi connectivity index (χ2n) is 12.7. The first kappa shape index (κ1) is 23.5. The van der Waals surface area contributed by atoms with Gasteiger partial charge in [-0.05, 0) is 101 Å². The minimum absolute atomic E-state index is 0.671. The number of rotatable bonds is 2. The zero-order valence-electron chi connectivity index (χ0n) is 24.0. The lowest BCUT2D eigenvalue weighted by Crippen LogP contribution is -1.98. The standard InChI is InChI=1S/C43H26S/c1-3-14-28-26(12-1)40(34-20-9-19-33-25-11-5-6-21-38(25)44-43(33)34)27-13-2-4-15-29(27)41(28)37-22-24-10-7-16-30-35-23-36(35)31-17-8-18-32(37)42(31)39(24)30/h1-22,35-36H,23H2. The summed E-state index contributed by atoms with van der Waals surface area (Å²) < 4.78 is 2.71. The Morgan fingerprint density at radius 1 is 0.432 bits per heavy atom. The molecule has 1 heteroatoms. The van der Waals surface area contributed by atoms with Crippen LogP contribution in [0.5, 0.6) is 0 Å². The number of hydrogen-bond acceptors (Lipinski definition) is 1. The topological polar surface area (TPSA) is 0 Å². The highest BCUT2D eigenvalue weighted by atomic mass is 32.1. The highest BCUT2D eigenvalue weighted by Gasteiger charge is 2.44. The summed E-state index contributed by atoms with van der Waals surface area (Å²) in [5, 5.41) is 13.7. The van der Waals surface area contributed by atoms with Gasteiger partial charge >= 0.3 is 0 Å². The Morgan fingerprint density at radius 3 is 1.70 bits per heavy atom. The quantitative estimate of drug-likeness (QED) is 0.142. The second-order valence-corrected chi connectivity index (χ2v) is 13.8. The molecule has 1 aromatic heterocycles. The summed E-state index contributed by atoms with van der Waals surface area (Å²) in [6.07, 6.45) is 1.28. The van der Waals surface area contributed by atoms with Gasteiger partial charge in [0.15, 0.2) is 0 Å². The molecule has 0 N–H and O–H groups in total. The van der Waals surface area contributed by atoms with Crippen molar-refractivity contribution in [2.45, 2.75) is 18.3 Å². The van der Waals surface area contributed by atoms with Gasteiger partial charge in [0.2, 0.25) is 0 Å². The first-order chi connectivity index (χ1) is 21.8. The van der Waals surface area contributed by atoms with Crippen LogP contribution in [0.3, 0.4) is 0 Å². The van der Waals surface area contributed by atoms with Crippen molar-refractivity contribution in [1.29, 1.82) is 0 Å². The molecule has 2 unspecified atom stereocenters. The van der Waals surface area contributed by atoms with E-state index >= 15 is 0 Å². The summed E-state index contributed by atoms with van der Waals surface area (Å²) in [6, 6.07) is 50.5. The molecular formula is C43H26S. The van der Waals surface area contributed by atoms with Crippen molar-refractivity contribution in [3.05, 3.63) is 145 Å². The fraction of sp³-hybridized carbons (Fsp3) is 0.0698. The second kappa shape index (κ2) is 8.34. The van der Waals surface area contributed by atoms with Gasteiger partial charge in [-0.2, -0.15) is 0 Å². The lowest BCUT2D eigenvalue weighted by molar-refractivity contribution is 1.04. The van der Waals surface area contributed by atoms with E-state index in [0.717, 1.165) is 0 Å². The summed E-state index contributed by atoms with van der Waals surface area (Å²) in [5.41, 5.74) is 8.48. The van der Waals surface area contributed by atoms with Crippen LogP contribution in [0.2, 0.25) is 0 Å². The molecule has 0 bridgehead atoms. The fourth-order valence-corrected chi connectivity index (χ4v) is 9.89. The van der Waals surface area contributed by atoms with E-state index in [0.29, 0.717) is 11.8 Å². The molecule has 1 heterocycles. The molecule has 44 heavy (non-hydrogen) atoms. The van der Waals surface area contributed by atoms with Crippen molar-refractivity contribution >= 4 is 74.6 Å². The first-order valence-electron chi connectivity index (χ1n) is 15.7. The maximum atomic E-state index is 2.49. The fourth-order valence-electron chi connectivity index (χ4n) is 8.66. The lowest BCUT2D eigenvalue weighted by Gasteiger charge is -2.23. The average molecular weight is 575 g/mol. The Kier molecular flexibility index (Phi) is 4.45. The Hall–Kier alpha value is -4.98. The predicted octanol–water partition coefficient (Wildman–Crippen LogP) is 12.6. The van der Waals surface area contributed by atoms with E-state index in [-0.39, 0.29) is 0 Å². The Labute approximate surface area is 258 Å². The molecule has 2 aliphatic rings. The molecule has 0 spiro atoms. The molecule has 0 amide bonds. The van der Waals surface area contributed by atoms with Gasteiger partial charge in [-0.25, -0.2) is 0 Å². The molecule has 0 radical (unpaired) electrons. The van der Waals surface area contributed by atoms with Crippen LogP contribution in [0.25, 0.3) is 85.5 Å². The highest BCUT2D eigenvalue weighted by Crippen LogP contribution is 2.62. The minimum Gasteiger partial charge on any atom is -0.135 e. The van der Waals surface area contributed by atoms with E-state index in [9.17, 15) is 0 Å². The number of thiophene rings is 1. The third kappa shape index (κ3) is 2.93. The minimum atomic E-state index is 0.671. The smallest absolute Gasteiger partial charge is 0.0434 e. The number of benzene rings is 8. The van der Waals surface area contributed by atoms with Crippen molar-refractivity contribution in [3.63, 3.8) is 0 Å². The van der Waals surface area contributed by atoms with Crippen molar-refractivity contribution in [3.8, 4) is 22.3 Å². The zero-order chi connectivity index (χ0) is 28.5. The van der Waals surface area contributed by atoms with Gasteiger partial charge in [-0.3, -0.25) is 0 Å². The van der Waals surface area contributed by atoms with Crippen LogP contribution < -0.4 is 0 Å². The molecule has 0 aliphatic heterocycles. The van der Waals surface area contributed by atoms with Crippen molar-refractivity contribution in [2.75, 3.05) is 0 Å². The largest absolute Gasteiger partial charge is 0.135 e. The van der Waals surface area contributed by atoms with E-state index in [1.807, 2.05) is 11.3 Å². The average Bonchev–Trinajstić information content (AvgIpc) is 3.80. The summed E-state index contributed by atoms with van der Waals surface area (Å²) in [5.74, 6) is 1.37. The summed E-state index contributed by atoms with van der Waals surface area (Å²) >= 11 is 1.92. The molecule has 8 aromatic carbocycles. The van der Waals surface area contributed by atoms with E-state index < -0.39 is 0 Å². The van der Waals surface area contributed by atoms with Gasteiger partial charge in [0.1, 0.15) is 0 Å². The Bertz CT molecular complexity index is 2650. The molecular weight excluding hydrogens is 549 g/mol. The van der Waals surface area contributed by atoms with Crippen LogP contribution in [0.1, 0.15) is 29.4 Å². The molecule has 1 fully saturated rings. The first-order valence-corrected chi connectivity index (χ1v) is 16.5. The molecule has 2 aliphatic carbocycles. The molecule has 2 atom stereocenters. The van der Waals surface area contributed by atoms with E-state index in [4.69, 9.17) is 0 Å². The van der Waals surface area contributed by atoms with Crippen LogP contribution >= 0.6 is 11.3 Å². The monoisotopic (exact) mass is 574 g/mol. The van der Waals surface area contributed by atoms with Crippen molar-refractivity contribution in [2.24, 2.45) is 0 Å². The molecule has 11 rings (SSSR count). The van der Waals surface area contributed by atoms with Crippen LogP contribution in [0.4, 0.5) is 0 Å². The summed E-state index contributed by atoms with van der Waals surface area (Å²) in [4.78, 5) is 0. The van der Waals surface area contributed by atoms with Crippen LogP contribution in [0, 0.1) is 0 Å². The normalized spacial score (nSPS) is 17.0. The SMILES string of the molecule is c1cc2c3c(c1)cc(-c1c4ccccc4c(-c4cccc5c4sc4ccccc45)c4ccccc14)c1cccc(c13)C1CC21. The van der Waals surface area contributed by atoms with Crippen LogP contribution in [0.15, 0.2) is 133 Å². The molecule has 1 saturated carbocycles. The molecule has 0 nitrogen and oxygen atoms in total. The molecule has 9 aromatic rings. The maximum absolute atomic E-state index is 2.49. The Balaban J connectivity index is 1.32. The van der Waals surface area contributed by atoms with E-state index in [1.54, 1.807) is 11.1 Å². The third-order valence-corrected chi connectivity index (χ3v) is 11.7. The van der Waals surface area contributed by atoms with Crippen molar-refractivity contribution in [1.82, 2.24) is 0 Å². The van der Waals surface area contributed by atoms with Gasteiger partial charge in [0.05, 0.1) is 0 Å². The van der Waals surface area contributed by atoms with E-state index in [2.05, 4.69) is 133 Å². The molecule has 204 valence electrons. The Morgan fingerprint density at radius 2 is 0.977 bits per heavy atom. The highest BCUT2D eigenvalue weighted by molar-refractivity contribution is 7.26. The predicted molar refractivity (Wildman–Crippen MR) is 190 cm³/mol. The number of fused-ring (bicyclic) bond motifs is 8. The van der Waals surface area contributed by atoms with Gasteiger partial charge < -0.3 is 0 Å². The van der Waals surface area contributed by atoms with Gasteiger partial charge in [0, 0.05) is 25.7 Å². The van der Waals surface area contributed by atoms with Crippen molar-refractivity contribution < 1.29 is 0 Å². The lowest BCUT2D eigenvalue weighted by atomic mass is 9.80. The van der Waals surface area contributed by atoms with Crippen LogP contribution in [-0.4, -0.2) is 0 Å². The van der Waals surface area contributed by atoms with Crippen LogP contribution in [-0.2, 0) is 0 Å².